The third-order valence-corrected chi connectivity index (χ3v) is 15.7. The molecule has 1 atom stereocenters. The van der Waals surface area contributed by atoms with Crippen LogP contribution in [-0.4, -0.2) is 37.2 Å². The fourth-order valence-corrected chi connectivity index (χ4v) is 10.5. The van der Waals surface area contributed by atoms with E-state index in [1.807, 2.05) is 0 Å². The molecule has 448 valence electrons. The van der Waals surface area contributed by atoms with Crippen molar-refractivity contribution >= 4 is 17.9 Å². The minimum absolute atomic E-state index is 0.0655. The van der Waals surface area contributed by atoms with E-state index < -0.39 is 6.10 Å². The lowest BCUT2D eigenvalue weighted by Crippen LogP contribution is -2.30. The molecule has 0 spiro atoms. The van der Waals surface area contributed by atoms with Crippen molar-refractivity contribution in [3.05, 3.63) is 24.3 Å². The molecule has 0 fully saturated rings. The molecule has 6 nitrogen and oxygen atoms in total. The van der Waals surface area contributed by atoms with E-state index in [1.165, 1.54) is 283 Å². The summed E-state index contributed by atoms with van der Waals surface area (Å²) in [4.78, 5) is 38.2. The van der Waals surface area contributed by atoms with Crippen molar-refractivity contribution in [2.45, 2.75) is 393 Å². The number of rotatable bonds is 64. The molecule has 1 unspecified atom stereocenters. The molecule has 0 N–H and O–H groups in total. The second kappa shape index (κ2) is 65.4. The highest BCUT2D eigenvalue weighted by Crippen LogP contribution is 2.19. The summed E-state index contributed by atoms with van der Waals surface area (Å²) < 4.78 is 16.9. The molecule has 0 radical (unpaired) electrons. The molecule has 0 bridgehead atoms. The summed E-state index contributed by atoms with van der Waals surface area (Å²) in [7, 11) is 0. The van der Waals surface area contributed by atoms with Crippen molar-refractivity contribution in [2.24, 2.45) is 0 Å². The van der Waals surface area contributed by atoms with Crippen LogP contribution in [0.5, 0.6) is 0 Å². The van der Waals surface area contributed by atoms with E-state index in [-0.39, 0.29) is 31.1 Å². The van der Waals surface area contributed by atoms with Gasteiger partial charge in [-0.15, -0.1) is 0 Å². The van der Waals surface area contributed by atoms with Gasteiger partial charge >= 0.3 is 17.9 Å². The summed E-state index contributed by atoms with van der Waals surface area (Å²) in [5, 5.41) is 0. The highest BCUT2D eigenvalue weighted by atomic mass is 16.6. The van der Waals surface area contributed by atoms with Gasteiger partial charge in [0.1, 0.15) is 13.2 Å². The Balaban J connectivity index is 4.08. The Labute approximate surface area is 474 Å². The minimum Gasteiger partial charge on any atom is -0.462 e. The summed E-state index contributed by atoms with van der Waals surface area (Å²) in [5.41, 5.74) is 0. The lowest BCUT2D eigenvalue weighted by Gasteiger charge is -2.18. The largest absolute Gasteiger partial charge is 0.462 e. The third-order valence-electron chi connectivity index (χ3n) is 15.7. The first kappa shape index (κ1) is 73.9. The minimum atomic E-state index is -0.766. The van der Waals surface area contributed by atoms with E-state index in [2.05, 4.69) is 45.1 Å². The number of carbonyl (C=O) groups is 3. The van der Waals surface area contributed by atoms with Crippen LogP contribution in [0.2, 0.25) is 0 Å². The second-order valence-corrected chi connectivity index (χ2v) is 23.5. The van der Waals surface area contributed by atoms with Gasteiger partial charge in [0.05, 0.1) is 0 Å². The highest BCUT2D eigenvalue weighted by Gasteiger charge is 2.19. The van der Waals surface area contributed by atoms with Gasteiger partial charge in [-0.2, -0.15) is 0 Å². The van der Waals surface area contributed by atoms with Crippen molar-refractivity contribution in [3.63, 3.8) is 0 Å². The van der Waals surface area contributed by atoms with Crippen LogP contribution in [0.25, 0.3) is 0 Å². The number of carbonyl (C=O) groups excluding carboxylic acids is 3. The van der Waals surface area contributed by atoms with Gasteiger partial charge in [-0.1, -0.05) is 340 Å². The van der Waals surface area contributed by atoms with Crippen LogP contribution >= 0.6 is 0 Å². The first-order chi connectivity index (χ1) is 37.5. The zero-order valence-electron chi connectivity index (χ0n) is 51.6. The van der Waals surface area contributed by atoms with Gasteiger partial charge in [0.2, 0.25) is 0 Å². The Morgan fingerprint density at radius 2 is 0.474 bits per heavy atom. The summed E-state index contributed by atoms with van der Waals surface area (Å²) in [6.07, 6.45) is 79.4. The molecule has 0 rings (SSSR count). The zero-order chi connectivity index (χ0) is 55.0. The molecular weight excluding hydrogens is 937 g/mol. The smallest absolute Gasteiger partial charge is 0.306 e. The van der Waals surface area contributed by atoms with Crippen molar-refractivity contribution < 1.29 is 28.6 Å². The number of ether oxygens (including phenoxy) is 3. The van der Waals surface area contributed by atoms with Crippen LogP contribution in [-0.2, 0) is 28.6 Å². The first-order valence-corrected chi connectivity index (χ1v) is 34.3. The summed E-state index contributed by atoms with van der Waals surface area (Å²) in [6, 6.07) is 0. The number of hydrogen-bond acceptors (Lipinski definition) is 6. The Morgan fingerprint density at radius 3 is 0.724 bits per heavy atom. The second-order valence-electron chi connectivity index (χ2n) is 23.5. The maximum absolute atomic E-state index is 12.9. The maximum Gasteiger partial charge on any atom is 0.306 e. The van der Waals surface area contributed by atoms with Crippen LogP contribution in [0, 0.1) is 0 Å². The molecule has 0 aromatic heterocycles. The summed E-state index contributed by atoms with van der Waals surface area (Å²) in [6.45, 7) is 6.67. The van der Waals surface area contributed by atoms with Crippen LogP contribution in [0.4, 0.5) is 0 Å². The topological polar surface area (TPSA) is 78.9 Å². The van der Waals surface area contributed by atoms with E-state index in [4.69, 9.17) is 14.2 Å². The molecule has 76 heavy (non-hydrogen) atoms. The van der Waals surface area contributed by atoms with Crippen molar-refractivity contribution in [1.82, 2.24) is 0 Å². The highest BCUT2D eigenvalue weighted by molar-refractivity contribution is 5.71. The van der Waals surface area contributed by atoms with E-state index in [1.54, 1.807) is 0 Å². The van der Waals surface area contributed by atoms with Gasteiger partial charge in [-0.3, -0.25) is 14.4 Å². The third kappa shape index (κ3) is 62.7. The van der Waals surface area contributed by atoms with Crippen molar-refractivity contribution in [2.75, 3.05) is 13.2 Å². The predicted molar refractivity (Wildman–Crippen MR) is 330 cm³/mol. The van der Waals surface area contributed by atoms with Crippen LogP contribution in [0.3, 0.4) is 0 Å². The van der Waals surface area contributed by atoms with E-state index in [0.29, 0.717) is 19.3 Å². The Hall–Kier alpha value is -2.11. The maximum atomic E-state index is 12.9. The lowest BCUT2D eigenvalue weighted by atomic mass is 10.0. The van der Waals surface area contributed by atoms with Crippen LogP contribution in [0.1, 0.15) is 387 Å². The molecule has 6 heteroatoms. The summed E-state index contributed by atoms with van der Waals surface area (Å²) in [5.74, 6) is -0.842. The molecule has 0 aliphatic rings. The molecule has 0 saturated heterocycles. The standard InChI is InChI=1S/C70H132O6/c1-4-7-10-13-16-19-21-23-25-27-29-31-33-35-37-39-41-43-45-47-49-51-54-57-60-63-69(72)75-66-67(65-74-68(71)62-59-56-53-18-15-12-9-6-3)76-70(73)64-61-58-55-52-50-48-46-44-42-40-38-36-34-32-30-28-26-24-22-20-17-14-11-8-5-2/h21,23,27,29,67H,4-20,22,24-26,28,30-66H2,1-3H3/b23-21-,29-27-. The number of hydrogen-bond donors (Lipinski definition) is 0. The fourth-order valence-electron chi connectivity index (χ4n) is 10.5. The van der Waals surface area contributed by atoms with Gasteiger partial charge in [0, 0.05) is 19.3 Å². The molecule has 0 aliphatic carbocycles. The lowest BCUT2D eigenvalue weighted by molar-refractivity contribution is -0.167. The first-order valence-electron chi connectivity index (χ1n) is 34.3. The van der Waals surface area contributed by atoms with Crippen LogP contribution < -0.4 is 0 Å². The molecule has 0 aromatic carbocycles. The SMILES string of the molecule is CCCCCCC/C=C\C/C=C\CCCCCCCCCCCCCCCC(=O)OCC(COC(=O)CCCCCCCCCC)OC(=O)CCCCCCCCCCCCCCCCCCCCCCCCCCC. The number of esters is 3. The average molecular weight is 1070 g/mol. The number of allylic oxidation sites excluding steroid dienone is 4. The Kier molecular flexibility index (Phi) is 63.6. The van der Waals surface area contributed by atoms with Gasteiger partial charge in [0.15, 0.2) is 6.10 Å². The normalized spacial score (nSPS) is 12.1. The quantitative estimate of drug-likeness (QED) is 0.0261. The summed E-state index contributed by atoms with van der Waals surface area (Å²) >= 11 is 0. The number of unbranched alkanes of at least 4 members (excludes halogenated alkanes) is 49. The van der Waals surface area contributed by atoms with Crippen molar-refractivity contribution in [1.29, 1.82) is 0 Å². The molecule has 0 amide bonds. The van der Waals surface area contributed by atoms with Crippen molar-refractivity contribution in [3.8, 4) is 0 Å². The fraction of sp³-hybridized carbons (Fsp3) is 0.900. The molecule has 0 saturated carbocycles. The molecular formula is C70H132O6. The van der Waals surface area contributed by atoms with E-state index in [0.717, 1.165) is 64.2 Å². The van der Waals surface area contributed by atoms with E-state index >= 15 is 0 Å². The molecule has 0 heterocycles. The van der Waals surface area contributed by atoms with Gasteiger partial charge in [0.25, 0.3) is 0 Å². The van der Waals surface area contributed by atoms with Gasteiger partial charge < -0.3 is 14.2 Å². The Bertz CT molecular complexity index is 1230. The van der Waals surface area contributed by atoms with Crippen LogP contribution in [0.15, 0.2) is 24.3 Å². The van der Waals surface area contributed by atoms with E-state index in [9.17, 15) is 14.4 Å². The monoisotopic (exact) mass is 1070 g/mol. The predicted octanol–water partition coefficient (Wildman–Crippen LogP) is 23.4. The Morgan fingerprint density at radius 1 is 0.263 bits per heavy atom. The van der Waals surface area contributed by atoms with Gasteiger partial charge in [-0.25, -0.2) is 0 Å². The molecule has 0 aromatic rings. The zero-order valence-corrected chi connectivity index (χ0v) is 51.6. The van der Waals surface area contributed by atoms with Gasteiger partial charge in [-0.05, 0) is 51.4 Å². The molecule has 0 aliphatic heterocycles. The average Bonchev–Trinajstić information content (AvgIpc) is 3.42.